The van der Waals surface area contributed by atoms with Crippen molar-refractivity contribution in [2.75, 3.05) is 5.32 Å². The van der Waals surface area contributed by atoms with Crippen LogP contribution in [0, 0.1) is 0 Å². The predicted molar refractivity (Wildman–Crippen MR) is 99.0 cm³/mol. The zero-order valence-electron chi connectivity index (χ0n) is 13.8. The van der Waals surface area contributed by atoms with Crippen molar-refractivity contribution in [3.63, 3.8) is 0 Å². The number of carbonyl (C=O) groups is 1. The highest BCUT2D eigenvalue weighted by molar-refractivity contribution is 7.99. The Morgan fingerprint density at radius 2 is 1.61 bits per heavy atom. The molecule has 23 heavy (non-hydrogen) atoms. The fourth-order valence-electron chi connectivity index (χ4n) is 2.38. The molecule has 0 saturated heterocycles. The summed E-state index contributed by atoms with van der Waals surface area (Å²) >= 11 is 1.68. The van der Waals surface area contributed by atoms with Gasteiger partial charge in [-0.05, 0) is 30.7 Å². The molecule has 2 aromatic carbocycles. The molecule has 0 aliphatic rings. The van der Waals surface area contributed by atoms with E-state index in [4.69, 9.17) is 0 Å². The third-order valence-electron chi connectivity index (χ3n) is 3.64. The van der Waals surface area contributed by atoms with Crippen LogP contribution in [-0.4, -0.2) is 5.91 Å². The number of hydrogen-bond donors (Lipinski definition) is 1. The monoisotopic (exact) mass is 327 g/mol. The summed E-state index contributed by atoms with van der Waals surface area (Å²) in [6, 6.07) is 18.2. The topological polar surface area (TPSA) is 29.1 Å². The number of hydrogen-bond acceptors (Lipinski definition) is 2. The maximum atomic E-state index is 12.1. The number of nitrogens with one attached hydrogen (secondary N) is 1. The van der Waals surface area contributed by atoms with Gasteiger partial charge >= 0.3 is 0 Å². The van der Waals surface area contributed by atoms with Crippen molar-refractivity contribution in [2.24, 2.45) is 0 Å². The average molecular weight is 327 g/mol. The standard InChI is InChI=1S/C20H25NOS/c1-2-3-4-5-9-16-20(22)21-18-14-10-11-15-19(18)23-17-12-7-6-8-13-17/h6-8,10-15H,2-5,9,16H2,1H3,(H,21,22). The number of unbranched alkanes of at least 4 members (excludes halogenated alkanes) is 4. The Morgan fingerprint density at radius 3 is 2.39 bits per heavy atom. The number of rotatable bonds is 9. The summed E-state index contributed by atoms with van der Waals surface area (Å²) in [7, 11) is 0. The maximum absolute atomic E-state index is 12.1. The lowest BCUT2D eigenvalue weighted by molar-refractivity contribution is -0.116. The molecule has 0 heterocycles. The van der Waals surface area contributed by atoms with Gasteiger partial charge in [-0.3, -0.25) is 4.79 Å². The minimum absolute atomic E-state index is 0.114. The Hall–Kier alpha value is -1.74. The van der Waals surface area contributed by atoms with Crippen molar-refractivity contribution in [2.45, 2.75) is 55.2 Å². The molecule has 0 aromatic heterocycles. The summed E-state index contributed by atoms with van der Waals surface area (Å²) in [6.45, 7) is 2.20. The Kier molecular flexibility index (Phi) is 7.74. The first kappa shape index (κ1) is 17.6. The van der Waals surface area contributed by atoms with Crippen LogP contribution in [0.1, 0.15) is 45.4 Å². The van der Waals surface area contributed by atoms with Gasteiger partial charge in [0.05, 0.1) is 5.69 Å². The van der Waals surface area contributed by atoms with Gasteiger partial charge < -0.3 is 5.32 Å². The van der Waals surface area contributed by atoms with Gasteiger partial charge in [0, 0.05) is 16.2 Å². The van der Waals surface area contributed by atoms with Crippen LogP contribution >= 0.6 is 11.8 Å². The van der Waals surface area contributed by atoms with Crippen LogP contribution in [0.5, 0.6) is 0 Å². The van der Waals surface area contributed by atoms with Crippen molar-refractivity contribution >= 4 is 23.4 Å². The first-order valence-electron chi connectivity index (χ1n) is 8.41. The van der Waals surface area contributed by atoms with Gasteiger partial charge in [0.25, 0.3) is 0 Å². The second-order valence-electron chi connectivity index (χ2n) is 5.62. The summed E-state index contributed by atoms with van der Waals surface area (Å²) in [5, 5.41) is 3.06. The highest BCUT2D eigenvalue weighted by atomic mass is 32.2. The van der Waals surface area contributed by atoms with Crippen LogP contribution in [0.2, 0.25) is 0 Å². The lowest BCUT2D eigenvalue weighted by Crippen LogP contribution is -2.11. The largest absolute Gasteiger partial charge is 0.325 e. The second kappa shape index (κ2) is 10.1. The predicted octanol–water partition coefficient (Wildman–Crippen LogP) is 6.14. The molecule has 0 saturated carbocycles. The maximum Gasteiger partial charge on any atom is 0.224 e. The van der Waals surface area contributed by atoms with E-state index in [2.05, 4.69) is 30.4 Å². The normalized spacial score (nSPS) is 10.5. The van der Waals surface area contributed by atoms with Crippen LogP contribution in [0.25, 0.3) is 0 Å². The number of carbonyl (C=O) groups excluding carboxylic acids is 1. The van der Waals surface area contributed by atoms with Crippen molar-refractivity contribution in [1.29, 1.82) is 0 Å². The minimum Gasteiger partial charge on any atom is -0.325 e. The molecule has 0 fully saturated rings. The number of benzene rings is 2. The van der Waals surface area contributed by atoms with Gasteiger partial charge in [-0.1, -0.05) is 74.7 Å². The van der Waals surface area contributed by atoms with E-state index >= 15 is 0 Å². The van der Waals surface area contributed by atoms with E-state index in [0.717, 1.165) is 23.4 Å². The SMILES string of the molecule is CCCCCCCC(=O)Nc1ccccc1Sc1ccccc1. The van der Waals surface area contributed by atoms with E-state index in [1.165, 1.54) is 24.2 Å². The second-order valence-corrected chi connectivity index (χ2v) is 6.74. The zero-order chi connectivity index (χ0) is 16.3. The lowest BCUT2D eigenvalue weighted by Gasteiger charge is -2.10. The Labute approximate surface area is 143 Å². The third kappa shape index (κ3) is 6.49. The fraction of sp³-hybridized carbons (Fsp3) is 0.350. The van der Waals surface area contributed by atoms with Crippen LogP contribution < -0.4 is 5.32 Å². The molecule has 0 bridgehead atoms. The molecule has 2 nitrogen and oxygen atoms in total. The molecule has 3 heteroatoms. The summed E-state index contributed by atoms with van der Waals surface area (Å²) < 4.78 is 0. The molecule has 0 atom stereocenters. The van der Waals surface area contributed by atoms with Gasteiger partial charge in [0.1, 0.15) is 0 Å². The number of para-hydroxylation sites is 1. The molecule has 0 radical (unpaired) electrons. The lowest BCUT2D eigenvalue weighted by atomic mass is 10.1. The summed E-state index contributed by atoms with van der Waals surface area (Å²) in [4.78, 5) is 14.4. The van der Waals surface area contributed by atoms with E-state index in [1.54, 1.807) is 11.8 Å². The van der Waals surface area contributed by atoms with Crippen molar-refractivity contribution in [3.8, 4) is 0 Å². The summed E-state index contributed by atoms with van der Waals surface area (Å²) in [6.07, 6.45) is 6.44. The first-order valence-corrected chi connectivity index (χ1v) is 9.23. The van der Waals surface area contributed by atoms with Crippen LogP contribution in [0.4, 0.5) is 5.69 Å². The van der Waals surface area contributed by atoms with E-state index in [9.17, 15) is 4.79 Å². The fourth-order valence-corrected chi connectivity index (χ4v) is 3.30. The van der Waals surface area contributed by atoms with Gasteiger partial charge in [0.15, 0.2) is 0 Å². The van der Waals surface area contributed by atoms with Gasteiger partial charge in [-0.2, -0.15) is 0 Å². The van der Waals surface area contributed by atoms with Gasteiger partial charge in [-0.15, -0.1) is 0 Å². The van der Waals surface area contributed by atoms with E-state index in [1.807, 2.05) is 36.4 Å². The van der Waals surface area contributed by atoms with Crippen molar-refractivity contribution < 1.29 is 4.79 Å². The van der Waals surface area contributed by atoms with E-state index in [0.29, 0.717) is 6.42 Å². The number of amides is 1. The molecule has 1 N–H and O–H groups in total. The third-order valence-corrected chi connectivity index (χ3v) is 4.72. The van der Waals surface area contributed by atoms with Crippen LogP contribution in [-0.2, 0) is 4.79 Å². The Morgan fingerprint density at radius 1 is 0.913 bits per heavy atom. The molecule has 0 unspecified atom stereocenters. The molecule has 2 aromatic rings. The first-order chi connectivity index (χ1) is 11.3. The van der Waals surface area contributed by atoms with Crippen LogP contribution in [0.15, 0.2) is 64.4 Å². The highest BCUT2D eigenvalue weighted by Gasteiger charge is 2.07. The van der Waals surface area contributed by atoms with E-state index < -0.39 is 0 Å². The molecule has 0 aliphatic carbocycles. The molecule has 1 amide bonds. The smallest absolute Gasteiger partial charge is 0.224 e. The summed E-state index contributed by atoms with van der Waals surface area (Å²) in [5.41, 5.74) is 0.903. The molecule has 122 valence electrons. The quantitative estimate of drug-likeness (QED) is 0.561. The van der Waals surface area contributed by atoms with Gasteiger partial charge in [-0.25, -0.2) is 0 Å². The summed E-state index contributed by atoms with van der Waals surface area (Å²) in [5.74, 6) is 0.114. The number of anilines is 1. The Bertz CT molecular complexity index is 598. The molecule has 0 aliphatic heterocycles. The highest BCUT2D eigenvalue weighted by Crippen LogP contribution is 2.33. The zero-order valence-corrected chi connectivity index (χ0v) is 14.6. The molecular formula is C20H25NOS. The average Bonchev–Trinajstić information content (AvgIpc) is 2.57. The van der Waals surface area contributed by atoms with Gasteiger partial charge in [0.2, 0.25) is 5.91 Å². The Balaban J connectivity index is 1.88. The van der Waals surface area contributed by atoms with E-state index in [-0.39, 0.29) is 5.91 Å². The minimum atomic E-state index is 0.114. The van der Waals surface area contributed by atoms with Crippen molar-refractivity contribution in [3.05, 3.63) is 54.6 Å². The van der Waals surface area contributed by atoms with Crippen LogP contribution in [0.3, 0.4) is 0 Å². The molecule has 0 spiro atoms. The molecule has 2 rings (SSSR count). The van der Waals surface area contributed by atoms with Crippen molar-refractivity contribution in [1.82, 2.24) is 0 Å². The molecular weight excluding hydrogens is 302 g/mol.